The van der Waals surface area contributed by atoms with E-state index < -0.39 is 15.9 Å². The molecular weight excluding hydrogens is 342 g/mol. The van der Waals surface area contributed by atoms with Gasteiger partial charge in [-0.25, -0.2) is 13.4 Å². The van der Waals surface area contributed by atoms with Gasteiger partial charge < -0.3 is 4.42 Å². The molecule has 1 fully saturated rings. The van der Waals surface area contributed by atoms with E-state index >= 15 is 0 Å². The van der Waals surface area contributed by atoms with Crippen LogP contribution in [0.2, 0.25) is 0 Å². The van der Waals surface area contributed by atoms with Crippen LogP contribution >= 0.6 is 0 Å². The lowest BCUT2D eigenvalue weighted by Gasteiger charge is -2.16. The maximum atomic E-state index is 12.7. The average Bonchev–Trinajstić information content (AvgIpc) is 3.24. The zero-order valence-corrected chi connectivity index (χ0v) is 15.3. The van der Waals surface area contributed by atoms with Crippen LogP contribution < -0.4 is 4.90 Å². The summed E-state index contributed by atoms with van der Waals surface area (Å²) in [4.78, 5) is 18.3. The van der Waals surface area contributed by atoms with Crippen LogP contribution in [-0.4, -0.2) is 43.8 Å². The highest BCUT2D eigenvalue weighted by molar-refractivity contribution is 7.89. The van der Waals surface area contributed by atoms with Crippen molar-refractivity contribution >= 4 is 21.7 Å². The Balaban J connectivity index is 1.92. The number of pyridine rings is 1. The summed E-state index contributed by atoms with van der Waals surface area (Å²) >= 11 is 0. The van der Waals surface area contributed by atoms with Gasteiger partial charge in [-0.3, -0.25) is 9.69 Å². The number of hydrogen-bond acceptors (Lipinski definition) is 5. The van der Waals surface area contributed by atoms with Gasteiger partial charge in [0.05, 0.1) is 0 Å². The number of aryl methyl sites for hydroxylation is 2. The van der Waals surface area contributed by atoms with Crippen LogP contribution in [0, 0.1) is 13.8 Å². The van der Waals surface area contributed by atoms with Crippen LogP contribution in [0.1, 0.15) is 34.7 Å². The molecule has 1 amide bonds. The third kappa shape index (κ3) is 3.19. The second-order valence-corrected chi connectivity index (χ2v) is 8.06. The van der Waals surface area contributed by atoms with Gasteiger partial charge in [-0.15, -0.1) is 0 Å². The van der Waals surface area contributed by atoms with Gasteiger partial charge in [-0.05, 0) is 38.3 Å². The molecule has 0 unspecified atom stereocenters. The number of amides is 1. The van der Waals surface area contributed by atoms with E-state index in [0.717, 1.165) is 18.4 Å². The second kappa shape index (κ2) is 6.61. The minimum atomic E-state index is -3.63. The van der Waals surface area contributed by atoms with E-state index in [0.29, 0.717) is 18.9 Å². The van der Waals surface area contributed by atoms with Gasteiger partial charge in [0.15, 0.2) is 5.76 Å². The Labute approximate surface area is 147 Å². The molecule has 3 heterocycles. The number of aromatic nitrogens is 1. The summed E-state index contributed by atoms with van der Waals surface area (Å²) in [7, 11) is -2.04. The Hall–Kier alpha value is -2.19. The number of carbonyl (C=O) groups excluding carboxylic acids is 1. The summed E-state index contributed by atoms with van der Waals surface area (Å²) in [6, 6.07) is 4.96. The topological polar surface area (TPSA) is 83.7 Å². The normalized spacial score (nSPS) is 15.5. The molecule has 25 heavy (non-hydrogen) atoms. The fraction of sp³-hybridized carbons (Fsp3) is 0.412. The first-order valence-electron chi connectivity index (χ1n) is 8.12. The van der Waals surface area contributed by atoms with Crippen molar-refractivity contribution in [3.63, 3.8) is 0 Å². The van der Waals surface area contributed by atoms with Crippen molar-refractivity contribution in [1.82, 2.24) is 9.29 Å². The second-order valence-electron chi connectivity index (χ2n) is 6.15. The average molecular weight is 363 g/mol. The molecule has 0 spiro atoms. The molecule has 0 aliphatic carbocycles. The van der Waals surface area contributed by atoms with Crippen LogP contribution in [0.5, 0.6) is 0 Å². The maximum Gasteiger partial charge on any atom is 0.294 e. The summed E-state index contributed by atoms with van der Waals surface area (Å²) in [5.41, 5.74) is 0.839. The minimum Gasteiger partial charge on any atom is -0.455 e. The molecule has 1 saturated heterocycles. The first kappa shape index (κ1) is 17.6. The highest BCUT2D eigenvalue weighted by atomic mass is 32.2. The van der Waals surface area contributed by atoms with E-state index in [-0.39, 0.29) is 16.4 Å². The van der Waals surface area contributed by atoms with Gasteiger partial charge in [0.1, 0.15) is 16.5 Å². The third-order valence-electron chi connectivity index (χ3n) is 4.37. The Morgan fingerprint density at radius 3 is 2.60 bits per heavy atom. The quantitative estimate of drug-likeness (QED) is 0.833. The highest BCUT2D eigenvalue weighted by Gasteiger charge is 2.32. The highest BCUT2D eigenvalue weighted by Crippen LogP contribution is 2.27. The first-order chi connectivity index (χ1) is 11.8. The van der Waals surface area contributed by atoms with Crippen molar-refractivity contribution in [1.29, 1.82) is 0 Å². The molecule has 0 N–H and O–H groups in total. The Morgan fingerprint density at radius 2 is 1.96 bits per heavy atom. The fourth-order valence-electron chi connectivity index (χ4n) is 2.98. The van der Waals surface area contributed by atoms with Crippen molar-refractivity contribution in [2.75, 3.05) is 25.0 Å². The predicted octanol–water partition coefficient (Wildman–Crippen LogP) is 2.35. The van der Waals surface area contributed by atoms with Crippen molar-refractivity contribution in [3.05, 3.63) is 41.5 Å². The fourth-order valence-corrected chi connectivity index (χ4v) is 4.66. The molecule has 8 heteroatoms. The van der Waals surface area contributed by atoms with Gasteiger partial charge in [0, 0.05) is 32.4 Å². The van der Waals surface area contributed by atoms with Crippen molar-refractivity contribution in [2.24, 2.45) is 0 Å². The van der Waals surface area contributed by atoms with Crippen molar-refractivity contribution in [2.45, 2.75) is 31.6 Å². The van der Waals surface area contributed by atoms with E-state index in [2.05, 4.69) is 4.98 Å². The van der Waals surface area contributed by atoms with E-state index in [1.807, 2.05) is 13.0 Å². The van der Waals surface area contributed by atoms with Crippen LogP contribution in [0.3, 0.4) is 0 Å². The summed E-state index contributed by atoms with van der Waals surface area (Å²) in [5.74, 6) is 0.280. The molecule has 7 nitrogen and oxygen atoms in total. The Kier molecular flexibility index (Phi) is 4.66. The van der Waals surface area contributed by atoms with Gasteiger partial charge in [0.25, 0.3) is 5.91 Å². The molecule has 0 bridgehead atoms. The summed E-state index contributed by atoms with van der Waals surface area (Å²) < 4.78 is 32.3. The number of hydrogen-bond donors (Lipinski definition) is 0. The van der Waals surface area contributed by atoms with E-state index in [1.54, 1.807) is 26.2 Å². The lowest BCUT2D eigenvalue weighted by Crippen LogP contribution is -2.28. The van der Waals surface area contributed by atoms with Crippen LogP contribution in [0.4, 0.5) is 5.82 Å². The number of rotatable bonds is 4. The zero-order valence-electron chi connectivity index (χ0n) is 14.5. The standard InChI is InChI=1S/C17H21N3O4S/c1-12-7-6-8-18-16(12)19(3)17(21)14-11-15(13(2)24-14)25(22,23)20-9-4-5-10-20/h6-8,11H,4-5,9-10H2,1-3H3. The molecule has 0 aromatic carbocycles. The molecule has 1 aliphatic rings. The molecular formula is C17H21N3O4S. The summed E-state index contributed by atoms with van der Waals surface area (Å²) in [6.45, 7) is 4.42. The van der Waals surface area contributed by atoms with Gasteiger partial charge in [-0.1, -0.05) is 6.07 Å². The zero-order chi connectivity index (χ0) is 18.2. The predicted molar refractivity (Wildman–Crippen MR) is 93.1 cm³/mol. The van der Waals surface area contributed by atoms with E-state index in [1.165, 1.54) is 15.3 Å². The lowest BCUT2D eigenvalue weighted by molar-refractivity contribution is 0.0964. The maximum absolute atomic E-state index is 12.7. The molecule has 2 aromatic heterocycles. The molecule has 2 aromatic rings. The Morgan fingerprint density at radius 1 is 1.28 bits per heavy atom. The lowest BCUT2D eigenvalue weighted by atomic mass is 10.2. The molecule has 0 atom stereocenters. The van der Waals surface area contributed by atoms with E-state index in [4.69, 9.17) is 4.42 Å². The number of furan rings is 1. The number of carbonyl (C=O) groups is 1. The Bertz CT molecular complexity index is 898. The molecule has 1 aliphatic heterocycles. The first-order valence-corrected chi connectivity index (χ1v) is 9.56. The van der Waals surface area contributed by atoms with Crippen LogP contribution in [0.15, 0.2) is 33.7 Å². The SMILES string of the molecule is Cc1cccnc1N(C)C(=O)c1cc(S(=O)(=O)N2CCCC2)c(C)o1. The monoisotopic (exact) mass is 363 g/mol. The summed E-state index contributed by atoms with van der Waals surface area (Å²) in [6.07, 6.45) is 3.30. The van der Waals surface area contributed by atoms with E-state index in [9.17, 15) is 13.2 Å². The van der Waals surface area contributed by atoms with Crippen molar-refractivity contribution in [3.8, 4) is 0 Å². The van der Waals surface area contributed by atoms with Gasteiger partial charge in [-0.2, -0.15) is 4.31 Å². The molecule has 0 saturated carbocycles. The number of anilines is 1. The smallest absolute Gasteiger partial charge is 0.294 e. The minimum absolute atomic E-state index is 0.0113. The number of nitrogens with zero attached hydrogens (tertiary/aromatic N) is 3. The van der Waals surface area contributed by atoms with Crippen LogP contribution in [-0.2, 0) is 10.0 Å². The van der Waals surface area contributed by atoms with Gasteiger partial charge >= 0.3 is 0 Å². The van der Waals surface area contributed by atoms with Gasteiger partial charge in [0.2, 0.25) is 10.0 Å². The molecule has 134 valence electrons. The number of sulfonamides is 1. The molecule has 0 radical (unpaired) electrons. The third-order valence-corrected chi connectivity index (χ3v) is 6.38. The summed E-state index contributed by atoms with van der Waals surface area (Å²) in [5, 5.41) is 0. The van der Waals surface area contributed by atoms with Crippen LogP contribution in [0.25, 0.3) is 0 Å². The molecule has 3 rings (SSSR count). The van der Waals surface area contributed by atoms with Crippen molar-refractivity contribution < 1.29 is 17.6 Å². The largest absolute Gasteiger partial charge is 0.455 e.